The van der Waals surface area contributed by atoms with E-state index in [9.17, 15) is 26.3 Å². The molecule has 2 aromatic carbocycles. The third-order valence-corrected chi connectivity index (χ3v) is 4.24. The summed E-state index contributed by atoms with van der Waals surface area (Å²) in [5.41, 5.74) is -2.43. The number of hydrogen-bond acceptors (Lipinski definition) is 1. The van der Waals surface area contributed by atoms with Crippen LogP contribution >= 0.6 is 0 Å². The van der Waals surface area contributed by atoms with Crippen LogP contribution in [-0.4, -0.2) is 6.54 Å². The van der Waals surface area contributed by atoms with Crippen LogP contribution in [0.15, 0.2) is 48.5 Å². The molecular formula is C17H13F6N. The molecule has 3 rings (SSSR count). The van der Waals surface area contributed by atoms with Crippen molar-refractivity contribution in [3.63, 3.8) is 0 Å². The van der Waals surface area contributed by atoms with E-state index in [1.165, 1.54) is 4.90 Å². The zero-order valence-electron chi connectivity index (χ0n) is 12.5. The highest BCUT2D eigenvalue weighted by Gasteiger charge is 2.50. The first-order valence-electron chi connectivity index (χ1n) is 7.14. The maximum Gasteiger partial charge on any atom is 0.416 e. The van der Waals surface area contributed by atoms with Crippen molar-refractivity contribution in [2.24, 2.45) is 0 Å². The molecule has 0 N–H and O–H groups in total. The molecule has 7 heteroatoms. The molecule has 2 aromatic rings. The second kappa shape index (κ2) is 5.16. The number of anilines is 1. The van der Waals surface area contributed by atoms with Crippen molar-refractivity contribution >= 4 is 5.69 Å². The Hall–Kier alpha value is -2.18. The largest absolute Gasteiger partial charge is 0.416 e. The van der Waals surface area contributed by atoms with Gasteiger partial charge in [0.2, 0.25) is 0 Å². The fourth-order valence-corrected chi connectivity index (χ4v) is 2.79. The van der Waals surface area contributed by atoms with Crippen molar-refractivity contribution in [1.29, 1.82) is 0 Å². The van der Waals surface area contributed by atoms with Crippen LogP contribution in [0.4, 0.5) is 32.0 Å². The van der Waals surface area contributed by atoms with Gasteiger partial charge in [-0.2, -0.15) is 26.3 Å². The molecule has 1 nitrogen and oxygen atoms in total. The van der Waals surface area contributed by atoms with Crippen molar-refractivity contribution in [3.8, 4) is 0 Å². The minimum absolute atomic E-state index is 0.0801. The summed E-state index contributed by atoms with van der Waals surface area (Å²) in [7, 11) is 0. The first kappa shape index (κ1) is 16.7. The first-order valence-corrected chi connectivity index (χ1v) is 7.14. The van der Waals surface area contributed by atoms with Crippen LogP contribution in [0.3, 0.4) is 0 Å². The summed E-state index contributed by atoms with van der Waals surface area (Å²) in [6, 6.07) is 10.6. The number of benzene rings is 2. The third-order valence-electron chi connectivity index (χ3n) is 4.24. The highest BCUT2D eigenvalue weighted by molar-refractivity contribution is 5.63. The Labute approximate surface area is 134 Å². The SMILES string of the molecule is CC1(c2ccccc2)CN1c1cc(C(F)(F)F)cc(C(F)(F)F)c1. The van der Waals surface area contributed by atoms with Gasteiger partial charge in [-0.15, -0.1) is 0 Å². The molecule has 128 valence electrons. The van der Waals surface area contributed by atoms with Gasteiger partial charge in [-0.05, 0) is 30.7 Å². The predicted molar refractivity (Wildman–Crippen MR) is 77.6 cm³/mol. The lowest BCUT2D eigenvalue weighted by atomic mass is 10.0. The van der Waals surface area contributed by atoms with Gasteiger partial charge in [0, 0.05) is 12.2 Å². The second-order valence-corrected chi connectivity index (χ2v) is 5.99. The zero-order valence-corrected chi connectivity index (χ0v) is 12.5. The lowest BCUT2D eigenvalue weighted by Crippen LogP contribution is -2.15. The Balaban J connectivity index is 2.03. The summed E-state index contributed by atoms with van der Waals surface area (Å²) in [6.45, 7) is 2.14. The Morgan fingerprint density at radius 3 is 1.79 bits per heavy atom. The number of rotatable bonds is 2. The second-order valence-electron chi connectivity index (χ2n) is 5.99. The van der Waals surface area contributed by atoms with Crippen LogP contribution in [0.5, 0.6) is 0 Å². The fraction of sp³-hybridized carbons (Fsp3) is 0.294. The van der Waals surface area contributed by atoms with E-state index in [2.05, 4.69) is 0 Å². The maximum atomic E-state index is 12.9. The van der Waals surface area contributed by atoms with Crippen LogP contribution in [0, 0.1) is 0 Å². The van der Waals surface area contributed by atoms with Gasteiger partial charge in [-0.1, -0.05) is 30.3 Å². The van der Waals surface area contributed by atoms with Crippen molar-refractivity contribution in [2.75, 3.05) is 11.4 Å². The molecule has 0 bridgehead atoms. The molecule has 1 heterocycles. The van der Waals surface area contributed by atoms with Crippen molar-refractivity contribution in [2.45, 2.75) is 24.8 Å². The summed E-state index contributed by atoms with van der Waals surface area (Å²) < 4.78 is 77.7. The van der Waals surface area contributed by atoms with Gasteiger partial charge >= 0.3 is 12.4 Å². The Kier molecular flexibility index (Phi) is 3.58. The van der Waals surface area contributed by atoms with E-state index in [0.29, 0.717) is 6.54 Å². The van der Waals surface area contributed by atoms with Crippen LogP contribution in [0.1, 0.15) is 23.6 Å². The molecule has 1 saturated heterocycles. The molecule has 1 aliphatic heterocycles. The van der Waals surface area contributed by atoms with Gasteiger partial charge in [0.05, 0.1) is 16.7 Å². The molecule has 1 atom stereocenters. The van der Waals surface area contributed by atoms with E-state index in [-0.39, 0.29) is 11.8 Å². The summed E-state index contributed by atoms with van der Waals surface area (Å²) in [5.74, 6) is 0. The molecule has 1 fully saturated rings. The van der Waals surface area contributed by atoms with Gasteiger partial charge in [0.1, 0.15) is 0 Å². The average Bonchev–Trinajstić information content (AvgIpc) is 3.20. The van der Waals surface area contributed by atoms with Crippen LogP contribution in [0.2, 0.25) is 0 Å². The normalized spacial score (nSPS) is 21.0. The molecule has 1 aliphatic rings. The van der Waals surface area contributed by atoms with E-state index in [4.69, 9.17) is 0 Å². The molecule has 0 radical (unpaired) electrons. The highest BCUT2D eigenvalue weighted by atomic mass is 19.4. The summed E-state index contributed by atoms with van der Waals surface area (Å²) in [4.78, 5) is 1.53. The number of halogens is 6. The zero-order chi connectivity index (χ0) is 17.8. The smallest absolute Gasteiger partial charge is 0.358 e. The van der Waals surface area contributed by atoms with Crippen LogP contribution < -0.4 is 4.90 Å². The third kappa shape index (κ3) is 2.95. The van der Waals surface area contributed by atoms with Crippen molar-refractivity contribution in [3.05, 3.63) is 65.2 Å². The van der Waals surface area contributed by atoms with E-state index in [1.54, 1.807) is 37.3 Å². The van der Waals surface area contributed by atoms with Gasteiger partial charge in [0.15, 0.2) is 0 Å². The molecule has 0 saturated carbocycles. The van der Waals surface area contributed by atoms with E-state index >= 15 is 0 Å². The predicted octanol–water partition coefficient (Wildman–Crippen LogP) is 5.46. The molecular weight excluding hydrogens is 332 g/mol. The number of nitrogens with zero attached hydrogens (tertiary/aromatic N) is 1. The highest BCUT2D eigenvalue weighted by Crippen LogP contribution is 2.48. The standard InChI is InChI=1S/C17H13F6N/c1-15(11-5-3-2-4-6-11)10-24(15)14-8-12(16(18,19)20)7-13(9-14)17(21,22)23/h2-9H,10H2,1H3. The van der Waals surface area contributed by atoms with Crippen molar-refractivity contribution < 1.29 is 26.3 Å². The van der Waals surface area contributed by atoms with Gasteiger partial charge in [0.25, 0.3) is 0 Å². The molecule has 24 heavy (non-hydrogen) atoms. The van der Waals surface area contributed by atoms with E-state index in [1.807, 2.05) is 0 Å². The Bertz CT molecular complexity index is 718. The molecule has 0 amide bonds. The minimum atomic E-state index is -4.84. The van der Waals surface area contributed by atoms with Crippen molar-refractivity contribution in [1.82, 2.24) is 0 Å². The van der Waals surface area contributed by atoms with E-state index in [0.717, 1.165) is 17.7 Å². The van der Waals surface area contributed by atoms with E-state index < -0.39 is 29.0 Å². The monoisotopic (exact) mass is 345 g/mol. The molecule has 0 aromatic heterocycles. The van der Waals surface area contributed by atoms with Gasteiger partial charge < -0.3 is 4.90 Å². The quantitative estimate of drug-likeness (QED) is 0.516. The summed E-state index contributed by atoms with van der Waals surface area (Å²) in [6.07, 6.45) is -9.68. The van der Waals surface area contributed by atoms with Gasteiger partial charge in [-0.25, -0.2) is 0 Å². The lowest BCUT2D eigenvalue weighted by Gasteiger charge is -2.18. The minimum Gasteiger partial charge on any atom is -0.358 e. The lowest BCUT2D eigenvalue weighted by molar-refractivity contribution is -0.143. The number of hydrogen-bond donors (Lipinski definition) is 0. The Morgan fingerprint density at radius 2 is 1.33 bits per heavy atom. The molecule has 0 spiro atoms. The molecule has 1 unspecified atom stereocenters. The number of alkyl halides is 6. The summed E-state index contributed by atoms with van der Waals surface area (Å²) >= 11 is 0. The topological polar surface area (TPSA) is 3.01 Å². The van der Waals surface area contributed by atoms with Crippen LogP contribution in [-0.2, 0) is 17.9 Å². The van der Waals surface area contributed by atoms with Crippen LogP contribution in [0.25, 0.3) is 0 Å². The Morgan fingerprint density at radius 1 is 0.833 bits per heavy atom. The molecule has 0 aliphatic carbocycles. The maximum absolute atomic E-state index is 12.9. The fourth-order valence-electron chi connectivity index (χ4n) is 2.79. The average molecular weight is 345 g/mol. The van der Waals surface area contributed by atoms with Gasteiger partial charge in [-0.3, -0.25) is 0 Å². The summed E-state index contributed by atoms with van der Waals surface area (Å²) in [5, 5.41) is 0. The first-order chi connectivity index (χ1) is 11.0.